The molecule has 1 heterocycles. The molecule has 0 radical (unpaired) electrons. The van der Waals surface area contributed by atoms with Gasteiger partial charge >= 0.3 is 11.8 Å². The molecule has 0 fully saturated rings. The lowest BCUT2D eigenvalue weighted by Gasteiger charge is -2.07. The van der Waals surface area contributed by atoms with Gasteiger partial charge < -0.3 is 9.47 Å². The van der Waals surface area contributed by atoms with Crippen molar-refractivity contribution in [3.05, 3.63) is 88.1 Å². The highest BCUT2D eigenvalue weighted by atomic mass is 33.1. The summed E-state index contributed by atoms with van der Waals surface area (Å²) in [7, 11) is 2.57. The van der Waals surface area contributed by atoms with Crippen LogP contribution in [0.1, 0.15) is 11.1 Å². The number of ether oxygens (including phenoxy) is 2. The first-order valence-electron chi connectivity index (χ1n) is 8.45. The predicted molar refractivity (Wildman–Crippen MR) is 111 cm³/mol. The first-order valence-corrected chi connectivity index (χ1v) is 10.6. The maximum Gasteiger partial charge on any atom is 0.514 e. The smallest absolute Gasteiger partial charge is 0.429 e. The lowest BCUT2D eigenvalue weighted by molar-refractivity contribution is -0.388. The van der Waals surface area contributed by atoms with Crippen molar-refractivity contribution in [3.8, 4) is 5.75 Å². The van der Waals surface area contributed by atoms with Gasteiger partial charge in [0.15, 0.2) is 5.03 Å². The van der Waals surface area contributed by atoms with Gasteiger partial charge in [-0.3, -0.25) is 10.1 Å². The van der Waals surface area contributed by atoms with Gasteiger partial charge in [0, 0.05) is 17.2 Å². The highest BCUT2D eigenvalue weighted by molar-refractivity contribution is 8.76. The molecule has 0 amide bonds. The van der Waals surface area contributed by atoms with Gasteiger partial charge in [-0.2, -0.15) is 0 Å². The summed E-state index contributed by atoms with van der Waals surface area (Å²) in [5.74, 6) is 0.424. The summed E-state index contributed by atoms with van der Waals surface area (Å²) in [6.07, 6.45) is 0.747. The Labute approximate surface area is 175 Å². The second-order valence-electron chi connectivity index (χ2n) is 5.85. The number of rotatable bonds is 7. The van der Waals surface area contributed by atoms with Crippen molar-refractivity contribution < 1.29 is 19.2 Å². The minimum atomic E-state index is -0.773. The fourth-order valence-corrected chi connectivity index (χ4v) is 4.19. The van der Waals surface area contributed by atoms with E-state index in [0.717, 1.165) is 16.0 Å². The zero-order chi connectivity index (χ0) is 20.6. The Hall–Kier alpha value is -3.04. The van der Waals surface area contributed by atoms with E-state index in [1.807, 2.05) is 43.3 Å². The number of nitro groups is 1. The molecule has 3 rings (SSSR count). The van der Waals surface area contributed by atoms with Crippen molar-refractivity contribution in [1.29, 1.82) is 0 Å². The monoisotopic (exact) mass is 428 g/mol. The number of nitrogens with zero attached hydrogens (tertiary/aromatic N) is 2. The first-order chi connectivity index (χ1) is 14.0. The molecule has 0 unspecified atom stereocenters. The molecule has 9 heteroatoms. The summed E-state index contributed by atoms with van der Waals surface area (Å²) in [6.45, 7) is 2.02. The third-order valence-corrected chi connectivity index (χ3v) is 5.99. The molecule has 0 atom stereocenters. The topological polar surface area (TPSA) is 91.6 Å². The SMILES string of the molecule is Cc1ccc(OC(=O)OCc2ccc(SSc3ncccc3[N+](=O)[O-])cc2)cc1. The highest BCUT2D eigenvalue weighted by Gasteiger charge is 2.15. The van der Waals surface area contributed by atoms with Crippen LogP contribution in [0.4, 0.5) is 10.5 Å². The van der Waals surface area contributed by atoms with E-state index in [4.69, 9.17) is 9.47 Å². The van der Waals surface area contributed by atoms with E-state index in [1.165, 1.54) is 39.9 Å². The largest absolute Gasteiger partial charge is 0.514 e. The second kappa shape index (κ2) is 9.94. The van der Waals surface area contributed by atoms with Crippen LogP contribution in [0, 0.1) is 17.0 Å². The van der Waals surface area contributed by atoms with Crippen LogP contribution >= 0.6 is 21.6 Å². The van der Waals surface area contributed by atoms with Gasteiger partial charge in [0.05, 0.1) is 4.92 Å². The van der Waals surface area contributed by atoms with E-state index in [2.05, 4.69) is 4.98 Å². The summed E-state index contributed by atoms with van der Waals surface area (Å²) in [6, 6.07) is 17.4. The number of carbonyl (C=O) groups is 1. The summed E-state index contributed by atoms with van der Waals surface area (Å²) in [4.78, 5) is 27.3. The maximum absolute atomic E-state index is 11.8. The normalized spacial score (nSPS) is 10.4. The molecule has 2 aromatic carbocycles. The van der Waals surface area contributed by atoms with E-state index in [9.17, 15) is 14.9 Å². The minimum absolute atomic E-state index is 0.0258. The third kappa shape index (κ3) is 6.23. The molecule has 1 aromatic heterocycles. The number of carbonyl (C=O) groups excluding carboxylic acids is 1. The minimum Gasteiger partial charge on any atom is -0.429 e. The fourth-order valence-electron chi connectivity index (χ4n) is 2.19. The maximum atomic E-state index is 11.8. The molecule has 0 saturated heterocycles. The van der Waals surface area contributed by atoms with Gasteiger partial charge in [0.25, 0.3) is 0 Å². The Balaban J connectivity index is 1.49. The predicted octanol–water partition coefficient (Wildman–Crippen LogP) is 5.81. The lowest BCUT2D eigenvalue weighted by Crippen LogP contribution is -2.10. The van der Waals surface area contributed by atoms with Crippen LogP contribution in [-0.4, -0.2) is 16.1 Å². The van der Waals surface area contributed by atoms with Crippen LogP contribution in [0.25, 0.3) is 0 Å². The highest BCUT2D eigenvalue weighted by Crippen LogP contribution is 2.40. The van der Waals surface area contributed by atoms with Crippen molar-refractivity contribution in [3.63, 3.8) is 0 Å². The Morgan fingerprint density at radius 1 is 1.07 bits per heavy atom. The molecular formula is C20H16N2O5S2. The van der Waals surface area contributed by atoms with Gasteiger partial charge in [-0.1, -0.05) is 40.6 Å². The van der Waals surface area contributed by atoms with Crippen LogP contribution in [0.3, 0.4) is 0 Å². The van der Waals surface area contributed by atoms with Crippen LogP contribution in [0.5, 0.6) is 5.75 Å². The zero-order valence-electron chi connectivity index (χ0n) is 15.3. The quantitative estimate of drug-likeness (QED) is 0.153. The van der Waals surface area contributed by atoms with E-state index in [0.29, 0.717) is 10.8 Å². The summed E-state index contributed by atoms with van der Waals surface area (Å²) >= 11 is 0. The molecule has 0 spiro atoms. The molecule has 29 heavy (non-hydrogen) atoms. The number of hydrogen-bond acceptors (Lipinski definition) is 8. The molecule has 0 saturated carbocycles. The van der Waals surface area contributed by atoms with E-state index >= 15 is 0 Å². The third-order valence-electron chi connectivity index (χ3n) is 3.67. The lowest BCUT2D eigenvalue weighted by atomic mass is 10.2. The van der Waals surface area contributed by atoms with Crippen LogP contribution in [0.15, 0.2) is 76.8 Å². The molecule has 148 valence electrons. The number of benzene rings is 2. The molecule has 0 N–H and O–H groups in total. The number of pyridine rings is 1. The van der Waals surface area contributed by atoms with Crippen molar-refractivity contribution in [2.45, 2.75) is 23.5 Å². The van der Waals surface area contributed by atoms with Gasteiger partial charge in [0.1, 0.15) is 12.4 Å². The average Bonchev–Trinajstić information content (AvgIpc) is 2.73. The van der Waals surface area contributed by atoms with Crippen LogP contribution in [0.2, 0.25) is 0 Å². The Bertz CT molecular complexity index is 995. The van der Waals surface area contributed by atoms with E-state index < -0.39 is 11.1 Å². The van der Waals surface area contributed by atoms with Gasteiger partial charge in [0.2, 0.25) is 0 Å². The number of hydrogen-bond donors (Lipinski definition) is 0. The van der Waals surface area contributed by atoms with Gasteiger partial charge in [-0.25, -0.2) is 9.78 Å². The fraction of sp³-hybridized carbons (Fsp3) is 0.100. The molecule has 0 aliphatic carbocycles. The van der Waals surface area contributed by atoms with Crippen molar-refractivity contribution in [2.75, 3.05) is 0 Å². The number of aromatic nitrogens is 1. The molecular weight excluding hydrogens is 412 g/mol. The van der Waals surface area contributed by atoms with Gasteiger partial charge in [-0.15, -0.1) is 0 Å². The molecule has 0 aliphatic rings. The van der Waals surface area contributed by atoms with E-state index in [1.54, 1.807) is 12.1 Å². The molecule has 0 aliphatic heterocycles. The van der Waals surface area contributed by atoms with Crippen molar-refractivity contribution in [2.24, 2.45) is 0 Å². The van der Waals surface area contributed by atoms with E-state index in [-0.39, 0.29) is 12.3 Å². The Morgan fingerprint density at radius 3 is 2.48 bits per heavy atom. The van der Waals surface area contributed by atoms with Crippen molar-refractivity contribution in [1.82, 2.24) is 4.98 Å². The summed E-state index contributed by atoms with van der Waals surface area (Å²) in [5, 5.41) is 11.4. The number of aryl methyl sites for hydroxylation is 1. The molecule has 3 aromatic rings. The molecule has 7 nitrogen and oxygen atoms in total. The summed E-state index contributed by atoms with van der Waals surface area (Å²) < 4.78 is 10.2. The standard InChI is InChI=1S/C20H16N2O5S2/c1-14-4-8-16(9-5-14)27-20(23)26-13-15-6-10-17(11-7-15)28-29-19-18(22(24)25)3-2-12-21-19/h2-12H,13H2,1H3. The second-order valence-corrected chi connectivity index (χ2v) is 8.04. The van der Waals surface area contributed by atoms with Crippen LogP contribution < -0.4 is 4.74 Å². The van der Waals surface area contributed by atoms with Gasteiger partial charge in [-0.05, 0) is 53.6 Å². The van der Waals surface area contributed by atoms with Crippen LogP contribution in [-0.2, 0) is 11.3 Å². The molecule has 0 bridgehead atoms. The Kier molecular flexibility index (Phi) is 7.09. The average molecular weight is 428 g/mol. The zero-order valence-corrected chi connectivity index (χ0v) is 16.9. The first kappa shape index (κ1) is 20.7. The summed E-state index contributed by atoms with van der Waals surface area (Å²) in [5.41, 5.74) is 1.84. The van der Waals surface area contributed by atoms with Crippen molar-refractivity contribution >= 4 is 33.4 Å². The Morgan fingerprint density at radius 2 is 1.79 bits per heavy atom.